The highest BCUT2D eigenvalue weighted by molar-refractivity contribution is 7.14. The van der Waals surface area contributed by atoms with Crippen LogP contribution in [0.4, 0.5) is 9.39 Å². The lowest BCUT2D eigenvalue weighted by Crippen LogP contribution is -2.06. The first-order chi connectivity index (χ1) is 8.08. The molecule has 0 radical (unpaired) electrons. The number of rotatable bonds is 3. The quantitative estimate of drug-likeness (QED) is 0.911. The van der Waals surface area contributed by atoms with Crippen molar-refractivity contribution >= 4 is 16.3 Å². The molecule has 0 aliphatic rings. The number of nitrogens with zero attached hydrogens (tertiary/aromatic N) is 1. The first-order valence-electron chi connectivity index (χ1n) is 5.23. The van der Waals surface area contributed by atoms with Crippen LogP contribution < -0.4 is 10.5 Å². The molecule has 2 rings (SSSR count). The van der Waals surface area contributed by atoms with Crippen LogP contribution in [0.5, 0.6) is 5.75 Å². The Bertz CT molecular complexity index is 525. The van der Waals surface area contributed by atoms with Crippen LogP contribution in [-0.2, 0) is 0 Å². The van der Waals surface area contributed by atoms with E-state index < -0.39 is 5.82 Å². The fraction of sp³-hybridized carbons (Fsp3) is 0.250. The number of nitrogen functional groups attached to an aromatic ring is 1. The van der Waals surface area contributed by atoms with Crippen LogP contribution in [0, 0.1) is 5.82 Å². The van der Waals surface area contributed by atoms with Gasteiger partial charge in [-0.3, -0.25) is 0 Å². The van der Waals surface area contributed by atoms with Gasteiger partial charge in [0, 0.05) is 5.56 Å². The Morgan fingerprint density at radius 3 is 2.71 bits per heavy atom. The topological polar surface area (TPSA) is 48.1 Å². The number of thiazole rings is 1. The lowest BCUT2D eigenvalue weighted by atomic mass is 10.1. The minimum atomic E-state index is -0.399. The molecule has 1 aromatic heterocycles. The first kappa shape index (κ1) is 11.9. The Morgan fingerprint density at radius 1 is 1.41 bits per heavy atom. The third-order valence-electron chi connectivity index (χ3n) is 2.16. The number of hydrogen-bond donors (Lipinski definition) is 1. The Labute approximate surface area is 103 Å². The molecule has 2 aromatic rings. The van der Waals surface area contributed by atoms with Crippen LogP contribution in [0.25, 0.3) is 11.3 Å². The second kappa shape index (κ2) is 4.71. The number of halogens is 1. The summed E-state index contributed by atoms with van der Waals surface area (Å²) < 4.78 is 19.1. The fourth-order valence-electron chi connectivity index (χ4n) is 1.47. The maximum Gasteiger partial charge on any atom is 0.165 e. The molecule has 0 unspecified atom stereocenters. The number of benzene rings is 1. The minimum absolute atomic E-state index is 0.0558. The smallest absolute Gasteiger partial charge is 0.165 e. The zero-order valence-corrected chi connectivity index (χ0v) is 10.4. The van der Waals surface area contributed by atoms with Gasteiger partial charge in [0.15, 0.2) is 11.6 Å². The van der Waals surface area contributed by atoms with Crippen molar-refractivity contribution < 1.29 is 9.13 Å². The third kappa shape index (κ3) is 2.55. The molecular formula is C12H13FN2OS. The second-order valence-corrected chi connectivity index (χ2v) is 4.76. The molecule has 0 saturated heterocycles. The van der Waals surface area contributed by atoms with Crippen molar-refractivity contribution in [2.24, 2.45) is 0 Å². The molecule has 0 amide bonds. The van der Waals surface area contributed by atoms with Crippen LogP contribution in [0.15, 0.2) is 23.7 Å². The molecule has 1 heterocycles. The van der Waals surface area contributed by atoms with Crippen LogP contribution in [0.3, 0.4) is 0 Å². The summed E-state index contributed by atoms with van der Waals surface area (Å²) in [5.74, 6) is -0.152. The van der Waals surface area contributed by atoms with Crippen LogP contribution in [0.2, 0.25) is 0 Å². The van der Waals surface area contributed by atoms with Gasteiger partial charge >= 0.3 is 0 Å². The molecule has 0 fully saturated rings. The number of nitrogens with two attached hydrogens (primary N) is 1. The van der Waals surface area contributed by atoms with Crippen LogP contribution in [-0.4, -0.2) is 11.1 Å². The van der Waals surface area contributed by atoms with Crippen molar-refractivity contribution in [3.8, 4) is 17.0 Å². The average Bonchev–Trinajstić information content (AvgIpc) is 2.67. The van der Waals surface area contributed by atoms with Gasteiger partial charge < -0.3 is 10.5 Å². The van der Waals surface area contributed by atoms with Gasteiger partial charge in [0.2, 0.25) is 0 Å². The Kier molecular flexibility index (Phi) is 3.28. The average molecular weight is 252 g/mol. The minimum Gasteiger partial charge on any atom is -0.488 e. The lowest BCUT2D eigenvalue weighted by molar-refractivity contribution is 0.231. The normalized spacial score (nSPS) is 10.8. The number of aromatic nitrogens is 1. The van der Waals surface area contributed by atoms with Gasteiger partial charge in [0.1, 0.15) is 10.7 Å². The second-order valence-electron chi connectivity index (χ2n) is 3.88. The molecule has 0 bridgehead atoms. The summed E-state index contributed by atoms with van der Waals surface area (Å²) in [4.78, 5) is 4.10. The monoisotopic (exact) mass is 252 g/mol. The van der Waals surface area contributed by atoms with Crippen molar-refractivity contribution in [2.75, 3.05) is 5.73 Å². The SMILES string of the molecule is CC(C)Oc1ccc(-c2ncsc2N)cc1F. The molecule has 0 saturated carbocycles. The molecule has 2 N–H and O–H groups in total. The molecule has 1 aromatic carbocycles. The van der Waals surface area contributed by atoms with E-state index >= 15 is 0 Å². The van der Waals surface area contributed by atoms with Crippen molar-refractivity contribution in [3.63, 3.8) is 0 Å². The van der Waals surface area contributed by atoms with E-state index in [2.05, 4.69) is 4.98 Å². The summed E-state index contributed by atoms with van der Waals surface area (Å²) in [5.41, 5.74) is 8.66. The Balaban J connectivity index is 2.34. The summed E-state index contributed by atoms with van der Waals surface area (Å²) >= 11 is 1.33. The van der Waals surface area contributed by atoms with E-state index in [0.29, 0.717) is 16.3 Å². The van der Waals surface area contributed by atoms with E-state index in [-0.39, 0.29) is 11.9 Å². The standard InChI is InChI=1S/C12H13FN2OS/c1-7(2)16-10-4-3-8(5-9(10)13)11-12(14)17-6-15-11/h3-7H,14H2,1-2H3. The molecule has 17 heavy (non-hydrogen) atoms. The summed E-state index contributed by atoms with van der Waals surface area (Å²) in [6.07, 6.45) is -0.0558. The predicted octanol–water partition coefficient (Wildman–Crippen LogP) is 3.32. The summed E-state index contributed by atoms with van der Waals surface area (Å²) in [6, 6.07) is 4.75. The van der Waals surface area contributed by atoms with Crippen LogP contribution >= 0.6 is 11.3 Å². The van der Waals surface area contributed by atoms with Crippen LogP contribution in [0.1, 0.15) is 13.8 Å². The largest absolute Gasteiger partial charge is 0.488 e. The van der Waals surface area contributed by atoms with Crippen molar-refractivity contribution in [1.82, 2.24) is 4.98 Å². The van der Waals surface area contributed by atoms with E-state index in [1.165, 1.54) is 17.4 Å². The molecule has 0 spiro atoms. The first-order valence-corrected chi connectivity index (χ1v) is 6.11. The Morgan fingerprint density at radius 2 is 2.18 bits per heavy atom. The van der Waals surface area contributed by atoms with Gasteiger partial charge in [-0.25, -0.2) is 9.37 Å². The highest BCUT2D eigenvalue weighted by atomic mass is 32.1. The molecular weight excluding hydrogens is 239 g/mol. The maximum absolute atomic E-state index is 13.7. The lowest BCUT2D eigenvalue weighted by Gasteiger charge is -2.11. The van der Waals surface area contributed by atoms with Gasteiger partial charge in [-0.1, -0.05) is 0 Å². The van der Waals surface area contributed by atoms with E-state index in [4.69, 9.17) is 10.5 Å². The molecule has 5 heteroatoms. The van der Waals surface area contributed by atoms with Gasteiger partial charge in [0.05, 0.1) is 11.6 Å². The highest BCUT2D eigenvalue weighted by Gasteiger charge is 2.11. The number of hydrogen-bond acceptors (Lipinski definition) is 4. The summed E-state index contributed by atoms with van der Waals surface area (Å²) in [5, 5.41) is 0.585. The van der Waals surface area contributed by atoms with E-state index in [1.807, 2.05) is 13.8 Å². The molecule has 0 aliphatic carbocycles. The Hall–Kier alpha value is -1.62. The summed E-state index contributed by atoms with van der Waals surface area (Å²) in [6.45, 7) is 3.71. The van der Waals surface area contributed by atoms with E-state index in [1.54, 1.807) is 17.6 Å². The van der Waals surface area contributed by atoms with Crippen molar-refractivity contribution in [2.45, 2.75) is 20.0 Å². The van der Waals surface area contributed by atoms with Gasteiger partial charge in [-0.2, -0.15) is 0 Å². The zero-order valence-electron chi connectivity index (χ0n) is 9.61. The van der Waals surface area contributed by atoms with Crippen molar-refractivity contribution in [3.05, 3.63) is 29.5 Å². The van der Waals surface area contributed by atoms with Gasteiger partial charge in [0.25, 0.3) is 0 Å². The highest BCUT2D eigenvalue weighted by Crippen LogP contribution is 2.30. The van der Waals surface area contributed by atoms with E-state index in [9.17, 15) is 4.39 Å². The number of anilines is 1. The maximum atomic E-state index is 13.7. The molecule has 0 atom stereocenters. The molecule has 0 aliphatic heterocycles. The molecule has 90 valence electrons. The zero-order chi connectivity index (χ0) is 12.4. The van der Waals surface area contributed by atoms with Crippen molar-refractivity contribution in [1.29, 1.82) is 0 Å². The van der Waals surface area contributed by atoms with Gasteiger partial charge in [-0.15, -0.1) is 11.3 Å². The molecule has 3 nitrogen and oxygen atoms in total. The fourth-order valence-corrected chi connectivity index (χ4v) is 2.02. The summed E-state index contributed by atoms with van der Waals surface area (Å²) in [7, 11) is 0. The number of ether oxygens (including phenoxy) is 1. The predicted molar refractivity (Wildman–Crippen MR) is 67.7 cm³/mol. The van der Waals surface area contributed by atoms with Gasteiger partial charge in [-0.05, 0) is 32.0 Å². The third-order valence-corrected chi connectivity index (χ3v) is 2.82. The van der Waals surface area contributed by atoms with E-state index in [0.717, 1.165) is 0 Å².